The summed E-state index contributed by atoms with van der Waals surface area (Å²) in [7, 11) is 0. The maximum absolute atomic E-state index is 17.5. The molecular formula is C30H40F2O7S. The van der Waals surface area contributed by atoms with Crippen molar-refractivity contribution in [3.63, 3.8) is 0 Å². The maximum Gasteiger partial charge on any atom is 0.316 e. The van der Waals surface area contributed by atoms with Crippen molar-refractivity contribution >= 4 is 34.6 Å². The monoisotopic (exact) mass is 582 g/mol. The van der Waals surface area contributed by atoms with Gasteiger partial charge in [0.15, 0.2) is 17.1 Å². The van der Waals surface area contributed by atoms with E-state index in [1.54, 1.807) is 41.5 Å². The summed E-state index contributed by atoms with van der Waals surface area (Å²) in [6, 6.07) is 0. The third-order valence-electron chi connectivity index (χ3n) is 9.78. The molecule has 7 nitrogen and oxygen atoms in total. The van der Waals surface area contributed by atoms with Crippen molar-refractivity contribution in [2.75, 3.05) is 5.75 Å². The first-order valence-electron chi connectivity index (χ1n) is 13.9. The summed E-state index contributed by atoms with van der Waals surface area (Å²) in [6.07, 6.45) is 0.155. The van der Waals surface area contributed by atoms with Crippen LogP contribution in [0.25, 0.3) is 0 Å². The zero-order valence-electron chi connectivity index (χ0n) is 24.2. The van der Waals surface area contributed by atoms with Crippen molar-refractivity contribution in [1.82, 2.24) is 0 Å². The van der Waals surface area contributed by atoms with Crippen LogP contribution in [0, 0.1) is 28.6 Å². The zero-order chi connectivity index (χ0) is 30.1. The number of hydrogen-bond acceptors (Lipinski definition) is 8. The second-order valence-electron chi connectivity index (χ2n) is 13.2. The van der Waals surface area contributed by atoms with Gasteiger partial charge in [0, 0.05) is 29.1 Å². The number of ketones is 1. The first-order valence-corrected chi connectivity index (χ1v) is 14.9. The Labute approximate surface area is 238 Å². The molecule has 3 saturated carbocycles. The van der Waals surface area contributed by atoms with Gasteiger partial charge in [0.1, 0.15) is 11.8 Å². The lowest BCUT2D eigenvalue weighted by atomic mass is 9.44. The molecule has 0 aliphatic heterocycles. The van der Waals surface area contributed by atoms with E-state index in [4.69, 9.17) is 9.47 Å². The Morgan fingerprint density at radius 2 is 1.80 bits per heavy atom. The molecule has 10 heteroatoms. The fraction of sp³-hybridized carbons (Fsp3) is 0.733. The van der Waals surface area contributed by atoms with Crippen molar-refractivity contribution in [1.29, 1.82) is 0 Å². The number of fused-ring (bicyclic) bond motifs is 5. The van der Waals surface area contributed by atoms with E-state index >= 15 is 8.78 Å². The molecule has 222 valence electrons. The van der Waals surface area contributed by atoms with Crippen LogP contribution in [0.2, 0.25) is 0 Å². The fourth-order valence-corrected chi connectivity index (χ4v) is 9.07. The van der Waals surface area contributed by atoms with Crippen LogP contribution in [0.1, 0.15) is 74.1 Å². The molecule has 2 unspecified atom stereocenters. The van der Waals surface area contributed by atoms with Gasteiger partial charge in [0.2, 0.25) is 5.12 Å². The summed E-state index contributed by atoms with van der Waals surface area (Å²) < 4.78 is 44.6. The molecule has 0 amide bonds. The average molecular weight is 583 g/mol. The van der Waals surface area contributed by atoms with Crippen LogP contribution in [0.3, 0.4) is 0 Å². The van der Waals surface area contributed by atoms with Crippen LogP contribution in [0.4, 0.5) is 8.78 Å². The summed E-state index contributed by atoms with van der Waals surface area (Å²) in [6.45, 7) is 11.7. The average Bonchev–Trinajstić information content (AvgIpc) is 3.06. The van der Waals surface area contributed by atoms with Crippen LogP contribution < -0.4 is 0 Å². The third-order valence-corrected chi connectivity index (χ3v) is 10.7. The molecule has 0 spiro atoms. The Morgan fingerprint density at radius 1 is 1.15 bits per heavy atom. The highest BCUT2D eigenvalue weighted by Crippen LogP contribution is 2.72. The van der Waals surface area contributed by atoms with Crippen molar-refractivity contribution in [3.05, 3.63) is 23.8 Å². The van der Waals surface area contributed by atoms with Crippen LogP contribution >= 0.6 is 11.8 Å². The number of ether oxygens (including phenoxy) is 2. The minimum absolute atomic E-state index is 0.0140. The highest BCUT2D eigenvalue weighted by Gasteiger charge is 2.78. The second-order valence-corrected chi connectivity index (χ2v) is 14.2. The van der Waals surface area contributed by atoms with Gasteiger partial charge >= 0.3 is 11.9 Å². The first-order chi connectivity index (χ1) is 18.4. The van der Waals surface area contributed by atoms with Crippen molar-refractivity contribution < 1.29 is 42.5 Å². The number of carbonyl (C=O) groups excluding carboxylic acids is 4. The van der Waals surface area contributed by atoms with E-state index in [0.29, 0.717) is 11.8 Å². The van der Waals surface area contributed by atoms with Gasteiger partial charge in [-0.2, -0.15) is 0 Å². The molecular weight excluding hydrogens is 542 g/mol. The lowest BCUT2D eigenvalue weighted by molar-refractivity contribution is -0.228. The van der Waals surface area contributed by atoms with E-state index < -0.39 is 80.6 Å². The molecule has 0 heterocycles. The predicted octanol–water partition coefficient (Wildman–Crippen LogP) is 4.84. The van der Waals surface area contributed by atoms with Gasteiger partial charge in [0.25, 0.3) is 0 Å². The molecule has 0 aromatic heterocycles. The Hall–Kier alpha value is -2.07. The molecule has 4 aliphatic carbocycles. The quantitative estimate of drug-likeness (QED) is 0.459. The predicted molar refractivity (Wildman–Crippen MR) is 146 cm³/mol. The highest BCUT2D eigenvalue weighted by atomic mass is 32.2. The van der Waals surface area contributed by atoms with E-state index in [1.807, 2.05) is 0 Å². The summed E-state index contributed by atoms with van der Waals surface area (Å²) in [5.41, 5.74) is -7.65. The van der Waals surface area contributed by atoms with E-state index in [0.717, 1.165) is 6.08 Å². The number of esters is 2. The van der Waals surface area contributed by atoms with E-state index in [-0.39, 0.29) is 37.0 Å². The van der Waals surface area contributed by atoms with E-state index in [9.17, 15) is 24.3 Å². The van der Waals surface area contributed by atoms with Gasteiger partial charge in [-0.25, -0.2) is 8.78 Å². The van der Waals surface area contributed by atoms with Crippen LogP contribution in [0.15, 0.2) is 23.8 Å². The molecule has 0 radical (unpaired) electrons. The Bertz CT molecular complexity index is 1180. The SMILES string of the molecule is CCC(=O)O[C@]1(C(=O)SCC(=O)OC(C)(C)C)[C@H](C)CC2C3C[C@H](F)C4=CC(=O)C=C[C@]4(C)[C@@]3(F)[C@@H](O)C[C@@]21C. The van der Waals surface area contributed by atoms with Gasteiger partial charge in [-0.3, -0.25) is 19.2 Å². The topological polar surface area (TPSA) is 107 Å². The number of carbonyl (C=O) groups is 4. The number of allylic oxidation sites excluding steroid dienone is 4. The summed E-state index contributed by atoms with van der Waals surface area (Å²) in [4.78, 5) is 51.4. The third kappa shape index (κ3) is 4.39. The molecule has 0 saturated heterocycles. The zero-order valence-corrected chi connectivity index (χ0v) is 25.0. The fourth-order valence-electron chi connectivity index (χ4n) is 8.07. The van der Waals surface area contributed by atoms with Crippen LogP contribution in [0.5, 0.6) is 0 Å². The lowest BCUT2D eigenvalue weighted by Gasteiger charge is -2.63. The number of aliphatic hydroxyl groups is 1. The minimum Gasteiger partial charge on any atom is -0.459 e. The summed E-state index contributed by atoms with van der Waals surface area (Å²) in [5.74, 6) is -4.24. The summed E-state index contributed by atoms with van der Waals surface area (Å²) >= 11 is 0.682. The Morgan fingerprint density at radius 3 is 2.40 bits per heavy atom. The maximum atomic E-state index is 17.5. The van der Waals surface area contributed by atoms with E-state index in [2.05, 4.69) is 0 Å². The molecule has 3 fully saturated rings. The number of aliphatic hydroxyl groups excluding tert-OH is 1. The number of alkyl halides is 2. The highest BCUT2D eigenvalue weighted by molar-refractivity contribution is 8.14. The molecule has 4 rings (SSSR count). The van der Waals surface area contributed by atoms with Gasteiger partial charge in [0.05, 0.1) is 11.9 Å². The lowest BCUT2D eigenvalue weighted by Crippen LogP contribution is -2.70. The number of halogens is 2. The molecule has 1 N–H and O–H groups in total. The smallest absolute Gasteiger partial charge is 0.316 e. The van der Waals surface area contributed by atoms with Crippen molar-refractivity contribution in [3.8, 4) is 0 Å². The molecule has 0 aromatic rings. The summed E-state index contributed by atoms with van der Waals surface area (Å²) in [5, 5.41) is 11.0. The van der Waals surface area contributed by atoms with Crippen LogP contribution in [-0.2, 0) is 28.7 Å². The standard InChI is InChI=1S/C30H40F2O7S/c1-8-23(35)39-30(25(37)40-15-24(36)38-26(3,4)5)16(2)11-18-19-13-21(31)20-12-17(33)9-10-27(20,6)29(19,32)22(34)14-28(18,30)7/h9-10,12,16,18-19,21-22,34H,8,11,13-15H2,1-7H3/t16-,18?,19?,21+,22+,27+,28+,29+,30+/m1/s1. The normalized spacial score (nSPS) is 42.3. The van der Waals surface area contributed by atoms with Gasteiger partial charge in [-0.05, 0) is 70.6 Å². The second kappa shape index (κ2) is 10.0. The number of thioether (sulfide) groups is 1. The first kappa shape index (κ1) is 30.9. The van der Waals surface area contributed by atoms with Crippen molar-refractivity contribution in [2.24, 2.45) is 28.6 Å². The largest absolute Gasteiger partial charge is 0.459 e. The van der Waals surface area contributed by atoms with Gasteiger partial charge in [-0.1, -0.05) is 38.6 Å². The van der Waals surface area contributed by atoms with E-state index in [1.165, 1.54) is 19.1 Å². The number of rotatable bonds is 5. The molecule has 4 aliphatic rings. The van der Waals surface area contributed by atoms with Gasteiger partial charge < -0.3 is 14.6 Å². The Balaban J connectivity index is 1.77. The molecule has 40 heavy (non-hydrogen) atoms. The minimum atomic E-state index is -2.32. The molecule has 0 bridgehead atoms. The van der Waals surface area contributed by atoms with Crippen molar-refractivity contribution in [2.45, 2.75) is 103 Å². The Kier molecular flexibility index (Phi) is 7.75. The number of hydrogen-bond donors (Lipinski definition) is 1. The van der Waals surface area contributed by atoms with Gasteiger partial charge in [-0.15, -0.1) is 0 Å². The molecule has 9 atom stereocenters. The van der Waals surface area contributed by atoms with Crippen LogP contribution in [-0.4, -0.2) is 62.8 Å². The molecule has 0 aromatic carbocycles.